The highest BCUT2D eigenvalue weighted by Gasteiger charge is 2.21. The summed E-state index contributed by atoms with van der Waals surface area (Å²) in [5.74, 6) is 0.630. The molecule has 2 N–H and O–H groups in total. The maximum absolute atomic E-state index is 9.73. The van der Waals surface area contributed by atoms with Gasteiger partial charge in [-0.05, 0) is 37.8 Å². The van der Waals surface area contributed by atoms with Gasteiger partial charge in [-0.25, -0.2) is 4.98 Å². The number of hydrogen-bond acceptors (Lipinski definition) is 4. The molecule has 2 atom stereocenters. The van der Waals surface area contributed by atoms with Crippen molar-refractivity contribution in [2.24, 2.45) is 0 Å². The van der Waals surface area contributed by atoms with Crippen LogP contribution < -0.4 is 5.32 Å². The summed E-state index contributed by atoms with van der Waals surface area (Å²) in [6.07, 6.45) is 3.37. The number of aromatic nitrogens is 1. The number of anilines is 1. The van der Waals surface area contributed by atoms with E-state index in [4.69, 9.17) is 0 Å². The van der Waals surface area contributed by atoms with E-state index < -0.39 is 0 Å². The van der Waals surface area contributed by atoms with Gasteiger partial charge in [0.05, 0.1) is 17.2 Å². The minimum atomic E-state index is -0.243. The van der Waals surface area contributed by atoms with Crippen LogP contribution in [0, 0.1) is 11.3 Å². The molecule has 1 aromatic heterocycles. The molecule has 1 saturated carbocycles. The van der Waals surface area contributed by atoms with Crippen molar-refractivity contribution in [3.05, 3.63) is 35.9 Å². The molecule has 0 radical (unpaired) electrons. The summed E-state index contributed by atoms with van der Waals surface area (Å²) in [4.78, 5) is 4.55. The first-order chi connectivity index (χ1) is 9.76. The minimum absolute atomic E-state index is 0.194. The molecular weight excluding hydrogens is 250 g/mol. The molecule has 1 heterocycles. The average molecular weight is 267 g/mol. The van der Waals surface area contributed by atoms with E-state index in [1.165, 1.54) is 0 Å². The Balaban J connectivity index is 1.91. The zero-order chi connectivity index (χ0) is 13.9. The minimum Gasteiger partial charge on any atom is -0.393 e. The number of para-hydroxylation sites is 1. The number of aliphatic hydroxyl groups is 1. The molecule has 1 fully saturated rings. The van der Waals surface area contributed by atoms with Gasteiger partial charge in [-0.2, -0.15) is 5.26 Å². The normalized spacial score (nSPS) is 22.4. The van der Waals surface area contributed by atoms with E-state index in [1.54, 1.807) is 0 Å². The van der Waals surface area contributed by atoms with Crippen molar-refractivity contribution in [3.63, 3.8) is 0 Å². The van der Waals surface area contributed by atoms with Crippen LogP contribution in [0.1, 0.15) is 31.2 Å². The fraction of sp³-hybridized carbons (Fsp3) is 0.375. The van der Waals surface area contributed by atoms with Crippen molar-refractivity contribution in [2.75, 3.05) is 5.32 Å². The van der Waals surface area contributed by atoms with Crippen molar-refractivity contribution in [1.82, 2.24) is 4.98 Å². The summed E-state index contributed by atoms with van der Waals surface area (Å²) >= 11 is 0. The molecule has 0 saturated heterocycles. The monoisotopic (exact) mass is 267 g/mol. The van der Waals surface area contributed by atoms with E-state index in [0.29, 0.717) is 11.4 Å². The van der Waals surface area contributed by atoms with Crippen molar-refractivity contribution >= 4 is 16.7 Å². The molecule has 1 aromatic carbocycles. The predicted octanol–water partition coefficient (Wildman–Crippen LogP) is 2.82. The van der Waals surface area contributed by atoms with Crippen molar-refractivity contribution < 1.29 is 5.11 Å². The van der Waals surface area contributed by atoms with Crippen LogP contribution in [0.2, 0.25) is 0 Å². The smallest absolute Gasteiger partial charge is 0.144 e. The van der Waals surface area contributed by atoms with Crippen LogP contribution >= 0.6 is 0 Å². The highest BCUT2D eigenvalue weighted by atomic mass is 16.3. The van der Waals surface area contributed by atoms with E-state index in [-0.39, 0.29) is 12.1 Å². The van der Waals surface area contributed by atoms with Gasteiger partial charge >= 0.3 is 0 Å². The highest BCUT2D eigenvalue weighted by molar-refractivity contribution is 5.82. The fourth-order valence-corrected chi connectivity index (χ4v) is 2.80. The van der Waals surface area contributed by atoms with Crippen LogP contribution in [-0.2, 0) is 0 Å². The van der Waals surface area contributed by atoms with E-state index >= 15 is 0 Å². The molecule has 2 aromatic rings. The first-order valence-electron chi connectivity index (χ1n) is 7.01. The number of benzene rings is 1. The van der Waals surface area contributed by atoms with Gasteiger partial charge in [0.2, 0.25) is 0 Å². The molecule has 3 rings (SSSR count). The van der Waals surface area contributed by atoms with E-state index in [9.17, 15) is 10.4 Å². The molecule has 1 aliphatic carbocycles. The molecule has 4 nitrogen and oxygen atoms in total. The molecule has 102 valence electrons. The number of aliphatic hydroxyl groups excluding tert-OH is 1. The third-order valence-corrected chi connectivity index (χ3v) is 3.83. The summed E-state index contributed by atoms with van der Waals surface area (Å²) in [6.45, 7) is 0. The zero-order valence-corrected chi connectivity index (χ0v) is 11.2. The van der Waals surface area contributed by atoms with Crippen molar-refractivity contribution in [2.45, 2.75) is 37.8 Å². The third kappa shape index (κ3) is 2.59. The number of rotatable bonds is 2. The maximum Gasteiger partial charge on any atom is 0.144 e. The van der Waals surface area contributed by atoms with Gasteiger partial charge in [0.1, 0.15) is 11.9 Å². The first kappa shape index (κ1) is 12.9. The van der Waals surface area contributed by atoms with Crippen LogP contribution in [0.5, 0.6) is 0 Å². The summed E-state index contributed by atoms with van der Waals surface area (Å²) in [6, 6.07) is 12.0. The quantitative estimate of drug-likeness (QED) is 0.878. The van der Waals surface area contributed by atoms with E-state index in [2.05, 4.69) is 16.4 Å². The Morgan fingerprint density at radius 1 is 1.30 bits per heavy atom. The van der Waals surface area contributed by atoms with Crippen molar-refractivity contribution in [1.29, 1.82) is 5.26 Å². The molecule has 0 amide bonds. The second-order valence-electron chi connectivity index (χ2n) is 5.35. The Morgan fingerprint density at radius 2 is 2.15 bits per heavy atom. The molecule has 0 bridgehead atoms. The lowest BCUT2D eigenvalue weighted by Gasteiger charge is -2.27. The molecule has 0 aliphatic heterocycles. The zero-order valence-electron chi connectivity index (χ0n) is 11.2. The first-order valence-corrected chi connectivity index (χ1v) is 7.01. The standard InChI is InChI=1S/C16H17N3O/c17-10-12-8-11-4-1-2-7-15(11)19-16(12)18-13-5-3-6-14(20)9-13/h1-2,4,7-8,13-14,20H,3,5-6,9H2,(H,18,19)/t13-,14-/m0/s1. The Kier molecular flexibility index (Phi) is 3.53. The Hall–Kier alpha value is -2.12. The molecule has 0 unspecified atom stereocenters. The summed E-state index contributed by atoms with van der Waals surface area (Å²) in [5.41, 5.74) is 1.44. The molecule has 20 heavy (non-hydrogen) atoms. The summed E-state index contributed by atoms with van der Waals surface area (Å²) in [5, 5.41) is 23.3. The Bertz CT molecular complexity index is 662. The number of nitrogens with zero attached hydrogens (tertiary/aromatic N) is 2. The Morgan fingerprint density at radius 3 is 2.95 bits per heavy atom. The summed E-state index contributed by atoms with van der Waals surface area (Å²) in [7, 11) is 0. The third-order valence-electron chi connectivity index (χ3n) is 3.83. The molecule has 1 aliphatic rings. The highest BCUT2D eigenvalue weighted by Crippen LogP contribution is 2.25. The van der Waals surface area contributed by atoms with Crippen LogP contribution in [0.3, 0.4) is 0 Å². The second-order valence-corrected chi connectivity index (χ2v) is 5.35. The lowest BCUT2D eigenvalue weighted by molar-refractivity contribution is 0.124. The number of nitriles is 1. The summed E-state index contributed by atoms with van der Waals surface area (Å²) < 4.78 is 0. The van der Waals surface area contributed by atoms with Gasteiger partial charge in [-0.1, -0.05) is 18.2 Å². The van der Waals surface area contributed by atoms with E-state index in [1.807, 2.05) is 30.3 Å². The largest absolute Gasteiger partial charge is 0.393 e. The molecule has 4 heteroatoms. The van der Waals surface area contributed by atoms with Gasteiger partial charge in [0.15, 0.2) is 0 Å². The van der Waals surface area contributed by atoms with Gasteiger partial charge in [0, 0.05) is 11.4 Å². The second kappa shape index (κ2) is 5.48. The SMILES string of the molecule is N#Cc1cc2ccccc2nc1N[C@H]1CCC[C@H](O)C1. The lowest BCUT2D eigenvalue weighted by Crippen LogP contribution is -2.30. The number of hydrogen-bond donors (Lipinski definition) is 2. The van der Waals surface area contributed by atoms with Crippen LogP contribution in [0.4, 0.5) is 5.82 Å². The van der Waals surface area contributed by atoms with Gasteiger partial charge < -0.3 is 10.4 Å². The Labute approximate surface area is 118 Å². The maximum atomic E-state index is 9.73. The van der Waals surface area contributed by atoms with Crippen LogP contribution in [0.15, 0.2) is 30.3 Å². The number of pyridine rings is 1. The van der Waals surface area contributed by atoms with Crippen LogP contribution in [-0.4, -0.2) is 22.2 Å². The average Bonchev–Trinajstić information content (AvgIpc) is 2.46. The van der Waals surface area contributed by atoms with E-state index in [0.717, 1.165) is 36.6 Å². The lowest BCUT2D eigenvalue weighted by atomic mass is 9.93. The van der Waals surface area contributed by atoms with Crippen molar-refractivity contribution in [3.8, 4) is 6.07 Å². The fourth-order valence-electron chi connectivity index (χ4n) is 2.80. The topological polar surface area (TPSA) is 68.9 Å². The van der Waals surface area contributed by atoms with Gasteiger partial charge in [0.25, 0.3) is 0 Å². The molecule has 0 spiro atoms. The van der Waals surface area contributed by atoms with Gasteiger partial charge in [-0.15, -0.1) is 0 Å². The number of fused-ring (bicyclic) bond motifs is 1. The predicted molar refractivity (Wildman–Crippen MR) is 78.3 cm³/mol. The molecular formula is C16H17N3O. The van der Waals surface area contributed by atoms with Crippen LogP contribution in [0.25, 0.3) is 10.9 Å². The van der Waals surface area contributed by atoms with Gasteiger partial charge in [-0.3, -0.25) is 0 Å². The number of nitrogens with one attached hydrogen (secondary N) is 1.